The van der Waals surface area contributed by atoms with Gasteiger partial charge in [-0.2, -0.15) is 0 Å². The van der Waals surface area contributed by atoms with Crippen LogP contribution in [0.2, 0.25) is 0 Å². The number of rotatable bonds is 8. The molecule has 0 amide bonds. The lowest BCUT2D eigenvalue weighted by Gasteiger charge is -2.15. The Balaban J connectivity index is 1.43. The normalized spacial score (nSPS) is 11.9. The smallest absolute Gasteiger partial charge is 0.231 e. The third-order valence-corrected chi connectivity index (χ3v) is 4.82. The second kappa shape index (κ2) is 8.78. The van der Waals surface area contributed by atoms with E-state index in [2.05, 4.69) is 30.4 Å². The molecule has 3 aromatic carbocycles. The molecule has 1 N–H and O–H groups in total. The van der Waals surface area contributed by atoms with E-state index < -0.39 is 0 Å². The van der Waals surface area contributed by atoms with E-state index >= 15 is 0 Å². The fourth-order valence-corrected chi connectivity index (χ4v) is 3.19. The molecule has 0 fully saturated rings. The predicted octanol–water partition coefficient (Wildman–Crippen LogP) is 5.31. The molecule has 0 aromatic heterocycles. The first-order valence-corrected chi connectivity index (χ1v) is 9.79. The van der Waals surface area contributed by atoms with Gasteiger partial charge in [-0.15, -0.1) is 0 Å². The van der Waals surface area contributed by atoms with Crippen LogP contribution in [0.5, 0.6) is 23.0 Å². The minimum Gasteiger partial charge on any atom is -0.490 e. The maximum Gasteiger partial charge on any atom is 0.231 e. The summed E-state index contributed by atoms with van der Waals surface area (Å²) >= 11 is 0. The molecule has 1 aliphatic heterocycles. The van der Waals surface area contributed by atoms with E-state index in [4.69, 9.17) is 18.9 Å². The summed E-state index contributed by atoms with van der Waals surface area (Å²) in [6.07, 6.45) is 0. The number of nitrogens with one attached hydrogen (secondary N) is 1. The molecule has 29 heavy (non-hydrogen) atoms. The summed E-state index contributed by atoms with van der Waals surface area (Å²) in [7, 11) is 0. The van der Waals surface area contributed by atoms with Crippen LogP contribution in [0.25, 0.3) is 0 Å². The minimum absolute atomic E-state index is 0.278. The van der Waals surface area contributed by atoms with Gasteiger partial charge in [0.25, 0.3) is 0 Å². The first kappa shape index (κ1) is 19.0. The lowest BCUT2D eigenvalue weighted by Crippen LogP contribution is -2.03. The number of hydrogen-bond acceptors (Lipinski definition) is 5. The second-order valence-electron chi connectivity index (χ2n) is 6.85. The summed E-state index contributed by atoms with van der Waals surface area (Å²) in [5.74, 6) is 3.06. The van der Waals surface area contributed by atoms with Crippen LogP contribution in [0.15, 0.2) is 60.7 Å². The van der Waals surface area contributed by atoms with Crippen molar-refractivity contribution in [2.45, 2.75) is 27.0 Å². The summed E-state index contributed by atoms with van der Waals surface area (Å²) in [6, 6.07) is 20.1. The third-order valence-electron chi connectivity index (χ3n) is 4.82. The number of anilines is 1. The molecule has 0 saturated carbocycles. The van der Waals surface area contributed by atoms with Crippen molar-refractivity contribution in [1.29, 1.82) is 0 Å². The number of benzene rings is 3. The molecule has 0 spiro atoms. The van der Waals surface area contributed by atoms with E-state index in [0.29, 0.717) is 19.8 Å². The van der Waals surface area contributed by atoms with Gasteiger partial charge in [0.1, 0.15) is 6.61 Å². The lowest BCUT2D eigenvalue weighted by atomic mass is 10.1. The molecular weight excluding hydrogens is 366 g/mol. The van der Waals surface area contributed by atoms with Crippen LogP contribution < -0.4 is 24.3 Å². The van der Waals surface area contributed by atoms with Gasteiger partial charge in [-0.05, 0) is 54.8 Å². The Morgan fingerprint density at radius 1 is 0.897 bits per heavy atom. The van der Waals surface area contributed by atoms with E-state index in [0.717, 1.165) is 34.2 Å². The second-order valence-corrected chi connectivity index (χ2v) is 6.85. The molecule has 0 aliphatic carbocycles. The molecular formula is C24H25NO4. The molecule has 150 valence electrons. The third kappa shape index (κ3) is 4.57. The number of hydrogen-bond donors (Lipinski definition) is 1. The Morgan fingerprint density at radius 2 is 1.76 bits per heavy atom. The van der Waals surface area contributed by atoms with E-state index in [1.54, 1.807) is 0 Å². The summed E-state index contributed by atoms with van der Waals surface area (Å²) in [5.41, 5.74) is 4.47. The van der Waals surface area contributed by atoms with Crippen LogP contribution in [0.1, 0.15) is 23.6 Å². The quantitative estimate of drug-likeness (QED) is 0.564. The number of fused-ring (bicyclic) bond motifs is 1. The number of ether oxygens (including phenoxy) is 4. The van der Waals surface area contributed by atoms with E-state index in [-0.39, 0.29) is 6.79 Å². The molecule has 0 bridgehead atoms. The highest BCUT2D eigenvalue weighted by atomic mass is 16.7. The standard InChI is InChI=1S/C24H25NO4/c1-3-26-23-12-18(14-25-20-9-11-22-24(13-20)29-16-28-22)8-10-21(23)27-15-19-7-5-4-6-17(19)2/h4-13,25H,3,14-16H2,1-2H3. The van der Waals surface area contributed by atoms with E-state index in [9.17, 15) is 0 Å². The molecule has 1 heterocycles. The highest BCUT2D eigenvalue weighted by Crippen LogP contribution is 2.35. The van der Waals surface area contributed by atoms with Crippen LogP contribution in [0.4, 0.5) is 5.69 Å². The highest BCUT2D eigenvalue weighted by molar-refractivity contribution is 5.56. The molecule has 5 heteroatoms. The van der Waals surface area contributed by atoms with Gasteiger partial charge in [0.05, 0.1) is 6.61 Å². The zero-order valence-corrected chi connectivity index (χ0v) is 16.7. The van der Waals surface area contributed by atoms with Crippen LogP contribution in [0.3, 0.4) is 0 Å². The maximum atomic E-state index is 6.05. The zero-order valence-electron chi connectivity index (χ0n) is 16.7. The van der Waals surface area contributed by atoms with Crippen molar-refractivity contribution in [3.8, 4) is 23.0 Å². The average Bonchev–Trinajstić information content (AvgIpc) is 3.21. The van der Waals surface area contributed by atoms with Crippen molar-refractivity contribution in [2.24, 2.45) is 0 Å². The van der Waals surface area contributed by atoms with Crippen molar-refractivity contribution in [2.75, 3.05) is 18.7 Å². The van der Waals surface area contributed by atoms with Crippen molar-refractivity contribution < 1.29 is 18.9 Å². The van der Waals surface area contributed by atoms with Crippen molar-refractivity contribution in [3.05, 3.63) is 77.4 Å². The van der Waals surface area contributed by atoms with Crippen LogP contribution >= 0.6 is 0 Å². The Morgan fingerprint density at radius 3 is 2.62 bits per heavy atom. The zero-order chi connectivity index (χ0) is 20.1. The molecule has 3 aromatic rings. The summed E-state index contributed by atoms with van der Waals surface area (Å²) in [4.78, 5) is 0. The summed E-state index contributed by atoms with van der Waals surface area (Å²) < 4.78 is 22.7. The SMILES string of the molecule is CCOc1cc(CNc2ccc3c(c2)OCO3)ccc1OCc1ccccc1C. The molecule has 4 rings (SSSR count). The Hall–Kier alpha value is -3.34. The van der Waals surface area contributed by atoms with Crippen LogP contribution in [-0.2, 0) is 13.2 Å². The summed E-state index contributed by atoms with van der Waals surface area (Å²) in [6.45, 7) is 6.11. The highest BCUT2D eigenvalue weighted by Gasteiger charge is 2.13. The maximum absolute atomic E-state index is 6.05. The topological polar surface area (TPSA) is 49.0 Å². The van der Waals surface area contributed by atoms with Gasteiger partial charge >= 0.3 is 0 Å². The van der Waals surface area contributed by atoms with Crippen molar-refractivity contribution >= 4 is 5.69 Å². The largest absolute Gasteiger partial charge is 0.490 e. The van der Waals surface area contributed by atoms with Gasteiger partial charge in [0.2, 0.25) is 6.79 Å². The number of aryl methyl sites for hydroxylation is 1. The molecule has 0 radical (unpaired) electrons. The Bertz CT molecular complexity index is 986. The van der Waals surface area contributed by atoms with E-state index in [1.807, 2.05) is 49.4 Å². The fraction of sp³-hybridized carbons (Fsp3) is 0.250. The van der Waals surface area contributed by atoms with Gasteiger partial charge in [-0.3, -0.25) is 0 Å². The van der Waals surface area contributed by atoms with Gasteiger partial charge in [-0.25, -0.2) is 0 Å². The van der Waals surface area contributed by atoms with E-state index in [1.165, 1.54) is 11.1 Å². The minimum atomic E-state index is 0.278. The monoisotopic (exact) mass is 391 g/mol. The first-order valence-electron chi connectivity index (χ1n) is 9.79. The molecule has 0 unspecified atom stereocenters. The van der Waals surface area contributed by atoms with Gasteiger partial charge in [0.15, 0.2) is 23.0 Å². The van der Waals surface area contributed by atoms with Crippen LogP contribution in [-0.4, -0.2) is 13.4 Å². The predicted molar refractivity (Wildman–Crippen MR) is 113 cm³/mol. The Labute approximate surface area is 171 Å². The van der Waals surface area contributed by atoms with Crippen molar-refractivity contribution in [1.82, 2.24) is 0 Å². The van der Waals surface area contributed by atoms with Gasteiger partial charge in [-0.1, -0.05) is 30.3 Å². The Kier molecular flexibility index (Phi) is 5.75. The molecule has 1 aliphatic rings. The molecule has 0 atom stereocenters. The molecule has 0 saturated heterocycles. The average molecular weight is 391 g/mol. The lowest BCUT2D eigenvalue weighted by molar-refractivity contribution is 0.174. The van der Waals surface area contributed by atoms with Crippen LogP contribution in [0, 0.1) is 6.92 Å². The van der Waals surface area contributed by atoms with Gasteiger partial charge < -0.3 is 24.3 Å². The first-order chi connectivity index (χ1) is 14.2. The molecule has 5 nitrogen and oxygen atoms in total. The van der Waals surface area contributed by atoms with Crippen molar-refractivity contribution in [3.63, 3.8) is 0 Å². The fourth-order valence-electron chi connectivity index (χ4n) is 3.19. The summed E-state index contributed by atoms with van der Waals surface area (Å²) in [5, 5.41) is 3.41. The van der Waals surface area contributed by atoms with Gasteiger partial charge in [0, 0.05) is 18.3 Å².